The van der Waals surface area contributed by atoms with Crippen LogP contribution in [0.2, 0.25) is 0 Å². The van der Waals surface area contributed by atoms with Gasteiger partial charge in [0.25, 0.3) is 0 Å². The number of hydrogen-bond donors (Lipinski definition) is 1. The first-order valence-corrected chi connectivity index (χ1v) is 6.62. The summed E-state index contributed by atoms with van der Waals surface area (Å²) in [7, 11) is 0. The van der Waals surface area contributed by atoms with Gasteiger partial charge in [-0.1, -0.05) is 18.2 Å². The van der Waals surface area contributed by atoms with Gasteiger partial charge >= 0.3 is 6.03 Å². The zero-order valence-corrected chi connectivity index (χ0v) is 11.8. The topological polar surface area (TPSA) is 81.9 Å². The number of carbonyl (C=O) groups excluding carboxylic acids is 2. The molecule has 0 aliphatic carbocycles. The molecule has 0 radical (unpaired) electrons. The van der Waals surface area contributed by atoms with Crippen molar-refractivity contribution >= 4 is 18.0 Å². The Hall–Kier alpha value is -3.02. The van der Waals surface area contributed by atoms with E-state index >= 15 is 0 Å². The van der Waals surface area contributed by atoms with E-state index in [1.165, 1.54) is 4.90 Å². The van der Waals surface area contributed by atoms with Gasteiger partial charge in [0.2, 0.25) is 0 Å². The smallest absolute Gasteiger partial charge is 0.322 e. The molecule has 0 aliphatic rings. The van der Waals surface area contributed by atoms with Crippen LogP contribution in [0.15, 0.2) is 54.6 Å². The Kier molecular flexibility index (Phi) is 5.37. The molecule has 0 spiro atoms. The summed E-state index contributed by atoms with van der Waals surface area (Å²) in [6, 6.07) is 15.1. The third kappa shape index (κ3) is 4.24. The SMILES string of the molecule is NC(=O)N(COc1ccc(OCC=O)cc1)c1ccccc1. The first-order valence-electron chi connectivity index (χ1n) is 6.62. The fourth-order valence-corrected chi connectivity index (χ4v) is 1.77. The molecule has 0 heterocycles. The molecule has 0 unspecified atom stereocenters. The van der Waals surface area contributed by atoms with Gasteiger partial charge in [-0.25, -0.2) is 4.79 Å². The van der Waals surface area contributed by atoms with Crippen LogP contribution in [-0.2, 0) is 4.79 Å². The number of ether oxygens (including phenoxy) is 2. The summed E-state index contributed by atoms with van der Waals surface area (Å²) in [5.74, 6) is 1.12. The van der Waals surface area contributed by atoms with Crippen molar-refractivity contribution in [1.29, 1.82) is 0 Å². The number of carbonyl (C=O) groups is 2. The van der Waals surface area contributed by atoms with Gasteiger partial charge in [0.1, 0.15) is 18.1 Å². The highest BCUT2D eigenvalue weighted by atomic mass is 16.5. The van der Waals surface area contributed by atoms with Gasteiger partial charge in [0.05, 0.1) is 0 Å². The van der Waals surface area contributed by atoms with Crippen molar-refractivity contribution in [3.8, 4) is 11.5 Å². The molecule has 6 heteroatoms. The lowest BCUT2D eigenvalue weighted by atomic mass is 10.3. The van der Waals surface area contributed by atoms with Crippen LogP contribution in [0.5, 0.6) is 11.5 Å². The minimum Gasteiger partial charge on any atom is -0.486 e. The number of hydrogen-bond acceptors (Lipinski definition) is 4. The lowest BCUT2D eigenvalue weighted by Crippen LogP contribution is -2.38. The molecule has 0 saturated carbocycles. The Morgan fingerprint density at radius 3 is 2.14 bits per heavy atom. The maximum Gasteiger partial charge on any atom is 0.322 e. The zero-order chi connectivity index (χ0) is 15.8. The van der Waals surface area contributed by atoms with Gasteiger partial charge in [0, 0.05) is 5.69 Å². The molecule has 2 amide bonds. The molecule has 6 nitrogen and oxygen atoms in total. The van der Waals surface area contributed by atoms with Crippen LogP contribution >= 0.6 is 0 Å². The Morgan fingerprint density at radius 1 is 1.00 bits per heavy atom. The van der Waals surface area contributed by atoms with Crippen molar-refractivity contribution in [3.05, 3.63) is 54.6 Å². The molecular weight excluding hydrogens is 284 g/mol. The molecule has 2 aromatic carbocycles. The molecule has 0 aliphatic heterocycles. The summed E-state index contributed by atoms with van der Waals surface area (Å²) in [6.07, 6.45) is 0.676. The summed E-state index contributed by atoms with van der Waals surface area (Å²) in [4.78, 5) is 23.0. The van der Waals surface area contributed by atoms with Crippen LogP contribution in [0.4, 0.5) is 10.5 Å². The summed E-state index contributed by atoms with van der Waals surface area (Å²) >= 11 is 0. The maximum absolute atomic E-state index is 11.5. The number of urea groups is 1. The van der Waals surface area contributed by atoms with Crippen molar-refractivity contribution in [2.75, 3.05) is 18.2 Å². The quantitative estimate of drug-likeness (QED) is 0.627. The molecule has 0 fully saturated rings. The van der Waals surface area contributed by atoms with E-state index in [1.807, 2.05) is 18.2 Å². The van der Waals surface area contributed by atoms with Gasteiger partial charge in [-0.05, 0) is 36.4 Å². The lowest BCUT2D eigenvalue weighted by molar-refractivity contribution is -0.109. The highest BCUT2D eigenvalue weighted by Crippen LogP contribution is 2.19. The molecular formula is C16H16N2O4. The number of benzene rings is 2. The maximum atomic E-state index is 11.5. The van der Waals surface area contributed by atoms with Crippen LogP contribution in [0.1, 0.15) is 0 Å². The monoisotopic (exact) mass is 300 g/mol. The minimum atomic E-state index is -0.600. The Labute approximate surface area is 128 Å². The molecule has 0 bridgehead atoms. The molecule has 2 N–H and O–H groups in total. The first kappa shape index (κ1) is 15.4. The van der Waals surface area contributed by atoms with E-state index in [9.17, 15) is 9.59 Å². The number of nitrogens with zero attached hydrogens (tertiary/aromatic N) is 1. The van der Waals surface area contributed by atoms with Crippen molar-refractivity contribution in [3.63, 3.8) is 0 Å². The molecule has 2 aromatic rings. The summed E-state index contributed by atoms with van der Waals surface area (Å²) in [5, 5.41) is 0. The summed E-state index contributed by atoms with van der Waals surface area (Å²) < 4.78 is 10.7. The Balaban J connectivity index is 1.98. The highest BCUT2D eigenvalue weighted by molar-refractivity contribution is 5.90. The van der Waals surface area contributed by atoms with E-state index in [1.54, 1.807) is 36.4 Å². The van der Waals surface area contributed by atoms with Crippen LogP contribution in [0.25, 0.3) is 0 Å². The number of rotatable bonds is 7. The van der Waals surface area contributed by atoms with E-state index < -0.39 is 6.03 Å². The van der Waals surface area contributed by atoms with Crippen LogP contribution in [0.3, 0.4) is 0 Å². The number of para-hydroxylation sites is 1. The number of primary amides is 1. The van der Waals surface area contributed by atoms with E-state index in [0.717, 1.165) is 0 Å². The first-order chi connectivity index (χ1) is 10.7. The zero-order valence-electron chi connectivity index (χ0n) is 11.8. The fraction of sp³-hybridized carbons (Fsp3) is 0.125. The number of nitrogens with two attached hydrogens (primary N) is 1. The Morgan fingerprint density at radius 2 is 1.59 bits per heavy atom. The number of anilines is 1. The van der Waals surface area contributed by atoms with Crippen molar-refractivity contribution in [2.24, 2.45) is 5.73 Å². The van der Waals surface area contributed by atoms with E-state index in [2.05, 4.69) is 0 Å². The third-order valence-electron chi connectivity index (χ3n) is 2.84. The van der Waals surface area contributed by atoms with Gasteiger partial charge in [-0.2, -0.15) is 0 Å². The molecule has 22 heavy (non-hydrogen) atoms. The molecule has 114 valence electrons. The van der Waals surface area contributed by atoms with Crippen LogP contribution in [-0.4, -0.2) is 25.7 Å². The van der Waals surface area contributed by atoms with Crippen molar-refractivity contribution in [1.82, 2.24) is 0 Å². The van der Waals surface area contributed by atoms with Crippen molar-refractivity contribution < 1.29 is 19.1 Å². The lowest BCUT2D eigenvalue weighted by Gasteiger charge is -2.20. The average Bonchev–Trinajstić information content (AvgIpc) is 2.55. The van der Waals surface area contributed by atoms with Gasteiger partial charge in [-0.15, -0.1) is 0 Å². The van der Waals surface area contributed by atoms with E-state index in [0.29, 0.717) is 23.5 Å². The molecule has 0 aromatic heterocycles. The van der Waals surface area contributed by atoms with Gasteiger partial charge in [-0.3, -0.25) is 9.69 Å². The van der Waals surface area contributed by atoms with Gasteiger partial charge in [0.15, 0.2) is 13.0 Å². The molecule has 0 atom stereocenters. The normalized spacial score (nSPS) is 9.82. The number of amides is 2. The second kappa shape index (κ2) is 7.68. The Bertz CT molecular complexity index is 614. The predicted octanol–water partition coefficient (Wildman–Crippen LogP) is 2.19. The third-order valence-corrected chi connectivity index (χ3v) is 2.84. The average molecular weight is 300 g/mol. The highest BCUT2D eigenvalue weighted by Gasteiger charge is 2.12. The predicted molar refractivity (Wildman–Crippen MR) is 82.0 cm³/mol. The van der Waals surface area contributed by atoms with Crippen LogP contribution in [0, 0.1) is 0 Å². The standard InChI is InChI=1S/C16H16N2O4/c17-16(20)18(13-4-2-1-3-5-13)12-22-15-8-6-14(7-9-15)21-11-10-19/h1-10H,11-12H2,(H2,17,20). The molecule has 0 saturated heterocycles. The van der Waals surface area contributed by atoms with E-state index in [4.69, 9.17) is 15.2 Å². The molecule has 2 rings (SSSR count). The second-order valence-corrected chi connectivity index (χ2v) is 4.32. The van der Waals surface area contributed by atoms with Gasteiger partial charge < -0.3 is 15.2 Å². The second-order valence-electron chi connectivity index (χ2n) is 4.32. The number of aldehydes is 1. The summed E-state index contributed by atoms with van der Waals surface area (Å²) in [6.45, 7) is -0.00243. The minimum absolute atomic E-state index is 0.00364. The van der Waals surface area contributed by atoms with E-state index in [-0.39, 0.29) is 13.3 Å². The van der Waals surface area contributed by atoms with Crippen molar-refractivity contribution in [2.45, 2.75) is 0 Å². The fourth-order valence-electron chi connectivity index (χ4n) is 1.77. The largest absolute Gasteiger partial charge is 0.486 e. The van der Waals surface area contributed by atoms with Crippen LogP contribution < -0.4 is 20.1 Å². The summed E-state index contributed by atoms with van der Waals surface area (Å²) in [5.41, 5.74) is 6.02.